The van der Waals surface area contributed by atoms with E-state index in [1.165, 1.54) is 12.8 Å². The first-order valence-corrected chi connectivity index (χ1v) is 9.99. The Morgan fingerprint density at radius 3 is 2.25 bits per heavy atom. The Balaban J connectivity index is 1.54. The van der Waals surface area contributed by atoms with Crippen molar-refractivity contribution >= 4 is 0 Å². The van der Waals surface area contributed by atoms with Crippen LogP contribution in [0.25, 0.3) is 0 Å². The van der Waals surface area contributed by atoms with E-state index in [2.05, 4.69) is 46.9 Å². The minimum absolute atomic E-state index is 0.0556. The third kappa shape index (κ3) is 2.34. The second kappa shape index (κ2) is 4.58. The molecule has 0 amide bonds. The fourth-order valence-electron chi connectivity index (χ4n) is 7.04. The van der Waals surface area contributed by atoms with Gasteiger partial charge in [0.05, 0.1) is 22.8 Å². The highest BCUT2D eigenvalue weighted by Gasteiger charge is 2.72. The van der Waals surface area contributed by atoms with Gasteiger partial charge in [0.1, 0.15) is 0 Å². The zero-order valence-corrected chi connectivity index (χ0v) is 16.7. The number of nitrogens with one attached hydrogen (secondary N) is 1. The summed E-state index contributed by atoms with van der Waals surface area (Å²) in [6.45, 7) is 15.9. The highest BCUT2D eigenvalue weighted by molar-refractivity contribution is 5.27. The van der Waals surface area contributed by atoms with Crippen molar-refractivity contribution < 1.29 is 9.84 Å². The van der Waals surface area contributed by atoms with Crippen LogP contribution in [-0.2, 0) is 4.74 Å². The average molecular weight is 336 g/mol. The summed E-state index contributed by atoms with van der Waals surface area (Å²) < 4.78 is 6.90. The van der Waals surface area contributed by atoms with Crippen molar-refractivity contribution in [1.29, 1.82) is 0 Å². The van der Waals surface area contributed by atoms with Crippen LogP contribution in [-0.4, -0.2) is 33.5 Å². The Kier molecular flexibility index (Phi) is 3.30. The van der Waals surface area contributed by atoms with Crippen LogP contribution in [0.5, 0.6) is 0 Å². The summed E-state index contributed by atoms with van der Waals surface area (Å²) in [7, 11) is 0. The summed E-state index contributed by atoms with van der Waals surface area (Å²) in [6.07, 6.45) is 5.59. The molecule has 3 saturated carbocycles. The maximum absolute atomic E-state index is 10.8. The Morgan fingerprint density at radius 1 is 1.17 bits per heavy atom. The molecule has 24 heavy (non-hydrogen) atoms. The lowest BCUT2D eigenvalue weighted by Gasteiger charge is -2.71. The molecule has 7 unspecified atom stereocenters. The van der Waals surface area contributed by atoms with Crippen LogP contribution in [0.4, 0.5) is 0 Å². The molecule has 7 atom stereocenters. The van der Waals surface area contributed by atoms with E-state index in [1.54, 1.807) is 0 Å². The summed E-state index contributed by atoms with van der Waals surface area (Å²) in [4.78, 5) is 0. The van der Waals surface area contributed by atoms with Crippen molar-refractivity contribution in [2.45, 2.75) is 109 Å². The Bertz CT molecular complexity index is 549. The molecule has 0 aromatic rings. The fraction of sp³-hybridized carbons (Fsp3) is 1.00. The van der Waals surface area contributed by atoms with Crippen molar-refractivity contribution in [3.8, 4) is 0 Å². The zero-order chi connectivity index (χ0) is 17.8. The van der Waals surface area contributed by atoms with Gasteiger partial charge in [-0.2, -0.15) is 0 Å². The number of ether oxygens (including phenoxy) is 1. The SMILES string of the molecule is CC(OC12CC3CC(CC(C)(O)C1)C32)C1(CC(C)(C)C)NC1(C)C. The van der Waals surface area contributed by atoms with Gasteiger partial charge in [-0.1, -0.05) is 20.8 Å². The molecule has 1 heterocycles. The molecule has 0 aromatic heterocycles. The average Bonchev–Trinajstić information content (AvgIpc) is 2.83. The molecule has 4 fully saturated rings. The summed E-state index contributed by atoms with van der Waals surface area (Å²) >= 11 is 0. The van der Waals surface area contributed by atoms with Crippen molar-refractivity contribution in [3.05, 3.63) is 0 Å². The highest BCUT2D eigenvalue weighted by atomic mass is 16.5. The number of aliphatic hydroxyl groups is 1. The van der Waals surface area contributed by atoms with Gasteiger partial charge in [-0.3, -0.25) is 0 Å². The molecule has 4 rings (SSSR count). The van der Waals surface area contributed by atoms with Crippen LogP contribution in [0, 0.1) is 23.2 Å². The van der Waals surface area contributed by atoms with Gasteiger partial charge >= 0.3 is 0 Å². The molecule has 3 aliphatic carbocycles. The van der Waals surface area contributed by atoms with Crippen molar-refractivity contribution in [3.63, 3.8) is 0 Å². The maximum atomic E-state index is 10.8. The van der Waals surface area contributed by atoms with Crippen LogP contribution in [0.15, 0.2) is 0 Å². The maximum Gasteiger partial charge on any atom is 0.0754 e. The van der Waals surface area contributed by atoms with Crippen molar-refractivity contribution in [2.24, 2.45) is 23.2 Å². The van der Waals surface area contributed by atoms with E-state index < -0.39 is 5.60 Å². The van der Waals surface area contributed by atoms with Crippen LogP contribution in [0.1, 0.15) is 80.6 Å². The molecule has 1 saturated heterocycles. The first-order chi connectivity index (χ1) is 10.8. The van der Waals surface area contributed by atoms with Crippen molar-refractivity contribution in [1.82, 2.24) is 5.32 Å². The molecular formula is C21H37NO2. The highest BCUT2D eigenvalue weighted by Crippen LogP contribution is 2.69. The van der Waals surface area contributed by atoms with E-state index in [1.807, 2.05) is 6.92 Å². The quantitative estimate of drug-likeness (QED) is 0.766. The molecule has 4 aliphatic rings. The van der Waals surface area contributed by atoms with Crippen LogP contribution >= 0.6 is 0 Å². The van der Waals surface area contributed by atoms with Gasteiger partial charge < -0.3 is 15.2 Å². The Hall–Kier alpha value is -0.120. The predicted molar refractivity (Wildman–Crippen MR) is 96.9 cm³/mol. The summed E-state index contributed by atoms with van der Waals surface area (Å²) in [5.41, 5.74) is -0.130. The number of rotatable bonds is 4. The van der Waals surface area contributed by atoms with Gasteiger partial charge in [0.25, 0.3) is 0 Å². The van der Waals surface area contributed by atoms with E-state index in [0.29, 0.717) is 11.8 Å². The van der Waals surface area contributed by atoms with Crippen molar-refractivity contribution in [2.75, 3.05) is 0 Å². The monoisotopic (exact) mass is 335 g/mol. The zero-order valence-electron chi connectivity index (χ0n) is 16.7. The first-order valence-electron chi connectivity index (χ1n) is 9.99. The lowest BCUT2D eigenvalue weighted by molar-refractivity contribution is -0.314. The predicted octanol–water partition coefficient (Wildman–Crippen LogP) is 3.89. The smallest absolute Gasteiger partial charge is 0.0754 e. The molecular weight excluding hydrogens is 298 g/mol. The molecule has 0 spiro atoms. The summed E-state index contributed by atoms with van der Waals surface area (Å²) in [5.74, 6) is 2.28. The lowest BCUT2D eigenvalue weighted by atomic mass is 9.39. The molecule has 0 aromatic carbocycles. The van der Waals surface area contributed by atoms with E-state index in [0.717, 1.165) is 25.2 Å². The molecule has 3 nitrogen and oxygen atoms in total. The van der Waals surface area contributed by atoms with Gasteiger partial charge in [-0.05, 0) is 76.5 Å². The Labute approximate surface area is 147 Å². The molecule has 138 valence electrons. The largest absolute Gasteiger partial charge is 0.390 e. The van der Waals surface area contributed by atoms with Crippen LogP contribution in [0.3, 0.4) is 0 Å². The summed E-state index contributed by atoms with van der Waals surface area (Å²) in [6, 6.07) is 0. The standard InChI is InChI=1S/C21H37NO2/c1-13(21(11-17(2,3)4)18(5,6)22-21)24-20-10-15-8-14(16(15)20)9-19(7,23)12-20/h13-16,22-23H,8-12H2,1-7H3. The van der Waals surface area contributed by atoms with Gasteiger partial charge in [-0.25, -0.2) is 0 Å². The first kappa shape index (κ1) is 17.3. The normalized spacial score (nSPS) is 52.8. The molecule has 2 N–H and O–H groups in total. The minimum Gasteiger partial charge on any atom is -0.390 e. The second-order valence-electron chi connectivity index (χ2n) is 11.6. The topological polar surface area (TPSA) is 51.4 Å². The molecule has 0 radical (unpaired) electrons. The molecule has 0 bridgehead atoms. The number of hydrogen-bond acceptors (Lipinski definition) is 3. The summed E-state index contributed by atoms with van der Waals surface area (Å²) in [5, 5.41) is 14.6. The van der Waals surface area contributed by atoms with Crippen LogP contribution in [0.2, 0.25) is 0 Å². The minimum atomic E-state index is -0.546. The molecule has 3 heteroatoms. The Morgan fingerprint density at radius 2 is 1.75 bits per heavy atom. The van der Waals surface area contributed by atoms with Gasteiger partial charge in [0.15, 0.2) is 0 Å². The van der Waals surface area contributed by atoms with E-state index >= 15 is 0 Å². The van der Waals surface area contributed by atoms with Gasteiger partial charge in [0, 0.05) is 12.0 Å². The fourth-order valence-corrected chi connectivity index (χ4v) is 7.04. The van der Waals surface area contributed by atoms with E-state index in [9.17, 15) is 5.11 Å². The van der Waals surface area contributed by atoms with Gasteiger partial charge in [0.2, 0.25) is 0 Å². The van der Waals surface area contributed by atoms with Gasteiger partial charge in [-0.15, -0.1) is 0 Å². The van der Waals surface area contributed by atoms with Crippen LogP contribution < -0.4 is 5.32 Å². The van der Waals surface area contributed by atoms with E-state index in [4.69, 9.17) is 4.74 Å². The number of hydrogen-bond donors (Lipinski definition) is 2. The molecule has 1 aliphatic heterocycles. The third-order valence-corrected chi connectivity index (χ3v) is 7.72. The third-order valence-electron chi connectivity index (χ3n) is 7.72. The van der Waals surface area contributed by atoms with E-state index in [-0.39, 0.29) is 28.2 Å². The second-order valence-corrected chi connectivity index (χ2v) is 11.6. The lowest BCUT2D eigenvalue weighted by Crippen LogP contribution is -2.72.